The Morgan fingerprint density at radius 1 is 1.15 bits per heavy atom. The number of fused-ring (bicyclic) bond motifs is 1. The molecule has 0 bridgehead atoms. The van der Waals surface area contributed by atoms with Crippen LogP contribution >= 0.6 is 0 Å². The lowest BCUT2D eigenvalue weighted by atomic mass is 10.2. The van der Waals surface area contributed by atoms with Crippen LogP contribution in [-0.2, 0) is 9.53 Å². The molecule has 6 heteroatoms. The van der Waals surface area contributed by atoms with Crippen molar-refractivity contribution in [2.75, 3.05) is 18.5 Å². The van der Waals surface area contributed by atoms with Crippen molar-refractivity contribution in [2.45, 2.75) is 20.0 Å². The minimum absolute atomic E-state index is 0.166. The minimum Gasteiger partial charge on any atom is -0.491 e. The third-order valence-corrected chi connectivity index (χ3v) is 3.73. The molecule has 1 aliphatic heterocycles. The molecule has 0 radical (unpaired) electrons. The topological polar surface area (TPSA) is 83.7 Å². The van der Waals surface area contributed by atoms with Crippen LogP contribution in [0.4, 0.5) is 5.69 Å². The summed E-state index contributed by atoms with van der Waals surface area (Å²) < 4.78 is 10.7. The van der Waals surface area contributed by atoms with E-state index in [-0.39, 0.29) is 17.8 Å². The van der Waals surface area contributed by atoms with Gasteiger partial charge in [0.2, 0.25) is 0 Å². The zero-order valence-corrected chi connectivity index (χ0v) is 15.3. The number of rotatable bonds is 5. The molecule has 1 aromatic heterocycles. The number of aromatic amines is 1. The monoisotopic (exact) mass is 366 g/mol. The molecule has 1 unspecified atom stereocenters. The lowest BCUT2D eigenvalue weighted by molar-refractivity contribution is -0.115. The number of anilines is 1. The predicted molar refractivity (Wildman–Crippen MR) is 104 cm³/mol. The van der Waals surface area contributed by atoms with Gasteiger partial charge < -0.3 is 24.6 Å². The molecular weight excluding hydrogens is 344 g/mol. The number of carbonyl (C=O) groups is 2. The molecular formula is C21H22N2O4. The van der Waals surface area contributed by atoms with Crippen LogP contribution < -0.4 is 10.1 Å². The summed E-state index contributed by atoms with van der Waals surface area (Å²) in [4.78, 5) is 24.9. The van der Waals surface area contributed by atoms with Crippen molar-refractivity contribution in [3.63, 3.8) is 0 Å². The number of epoxide rings is 1. The van der Waals surface area contributed by atoms with E-state index in [1.807, 2.05) is 54.6 Å². The Balaban J connectivity index is 0.000000481. The second kappa shape index (κ2) is 8.51. The highest BCUT2D eigenvalue weighted by Crippen LogP contribution is 2.19. The van der Waals surface area contributed by atoms with Crippen molar-refractivity contribution >= 4 is 28.3 Å². The molecule has 2 N–H and O–H groups in total. The number of benzene rings is 2. The van der Waals surface area contributed by atoms with Crippen LogP contribution in [0.1, 0.15) is 24.3 Å². The van der Waals surface area contributed by atoms with Crippen molar-refractivity contribution < 1.29 is 19.1 Å². The molecule has 2 heterocycles. The third-order valence-electron chi connectivity index (χ3n) is 3.73. The number of hydrogen-bond donors (Lipinski definition) is 2. The number of H-pyrrole nitrogens is 1. The van der Waals surface area contributed by atoms with Crippen LogP contribution in [0.15, 0.2) is 54.6 Å². The number of carbonyl (C=O) groups excluding carboxylic acids is 2. The first-order valence-electron chi connectivity index (χ1n) is 8.72. The standard InChI is InChI=1S/C18H16N2O3.C3H6O/c21-18(17-9-12-3-1-2-4-16(12)20-17)19-13-5-7-14(8-6-13)22-10-15-11-23-15;1-3(2)4/h1-9,15,20H,10-11H2,(H,19,21);1-2H3. The van der Waals surface area contributed by atoms with E-state index in [4.69, 9.17) is 9.47 Å². The van der Waals surface area contributed by atoms with E-state index in [2.05, 4.69) is 10.3 Å². The van der Waals surface area contributed by atoms with Gasteiger partial charge in [-0.1, -0.05) is 18.2 Å². The molecule has 4 rings (SSSR count). The van der Waals surface area contributed by atoms with Crippen LogP contribution in [0, 0.1) is 0 Å². The largest absolute Gasteiger partial charge is 0.491 e. The van der Waals surface area contributed by atoms with Crippen LogP contribution in [0.25, 0.3) is 10.9 Å². The van der Waals surface area contributed by atoms with Crippen LogP contribution in [-0.4, -0.2) is 36.0 Å². The molecule has 1 amide bonds. The van der Waals surface area contributed by atoms with Gasteiger partial charge in [0.1, 0.15) is 29.9 Å². The lowest BCUT2D eigenvalue weighted by Gasteiger charge is -2.07. The van der Waals surface area contributed by atoms with Gasteiger partial charge in [0.15, 0.2) is 0 Å². The van der Waals surface area contributed by atoms with Crippen LogP contribution in [0.3, 0.4) is 0 Å². The molecule has 3 aromatic rings. The second-order valence-electron chi connectivity index (χ2n) is 6.42. The smallest absolute Gasteiger partial charge is 0.272 e. The maximum atomic E-state index is 12.3. The fourth-order valence-electron chi connectivity index (χ4n) is 2.38. The third kappa shape index (κ3) is 5.69. The number of para-hydroxylation sites is 1. The first-order chi connectivity index (χ1) is 13.0. The van der Waals surface area contributed by atoms with E-state index in [0.29, 0.717) is 12.3 Å². The van der Waals surface area contributed by atoms with Crippen molar-refractivity contribution in [3.05, 3.63) is 60.3 Å². The van der Waals surface area contributed by atoms with Crippen molar-refractivity contribution in [1.29, 1.82) is 0 Å². The summed E-state index contributed by atoms with van der Waals surface area (Å²) in [6.07, 6.45) is 0.233. The van der Waals surface area contributed by atoms with Gasteiger partial charge in [-0.15, -0.1) is 0 Å². The summed E-state index contributed by atoms with van der Waals surface area (Å²) in [5, 5.41) is 3.89. The summed E-state index contributed by atoms with van der Waals surface area (Å²) in [5.41, 5.74) is 2.21. The van der Waals surface area contributed by atoms with Gasteiger partial charge in [-0.2, -0.15) is 0 Å². The minimum atomic E-state index is -0.166. The van der Waals surface area contributed by atoms with Gasteiger partial charge in [0.05, 0.1) is 6.61 Å². The molecule has 1 saturated heterocycles. The highest BCUT2D eigenvalue weighted by molar-refractivity contribution is 6.05. The fraction of sp³-hybridized carbons (Fsp3) is 0.238. The SMILES string of the molecule is CC(C)=O.O=C(Nc1ccc(OCC2CO2)cc1)c1cc2ccccc2[nH]1. The van der Waals surface area contributed by atoms with Gasteiger partial charge >= 0.3 is 0 Å². The van der Waals surface area contributed by atoms with E-state index in [1.165, 1.54) is 13.8 Å². The van der Waals surface area contributed by atoms with E-state index in [1.54, 1.807) is 0 Å². The molecule has 1 aliphatic rings. The quantitative estimate of drug-likeness (QED) is 0.673. The highest BCUT2D eigenvalue weighted by Gasteiger charge is 2.22. The Bertz CT molecular complexity index is 890. The summed E-state index contributed by atoms with van der Waals surface area (Å²) in [6, 6.07) is 17.0. The number of hydrogen-bond acceptors (Lipinski definition) is 4. The van der Waals surface area contributed by atoms with E-state index in [9.17, 15) is 9.59 Å². The first-order valence-corrected chi connectivity index (χ1v) is 8.72. The van der Waals surface area contributed by atoms with E-state index in [0.717, 1.165) is 28.9 Å². The normalized spacial score (nSPS) is 14.8. The molecule has 0 aliphatic carbocycles. The maximum Gasteiger partial charge on any atom is 0.272 e. The lowest BCUT2D eigenvalue weighted by Crippen LogP contribution is -2.12. The molecule has 1 atom stereocenters. The van der Waals surface area contributed by atoms with E-state index < -0.39 is 0 Å². The van der Waals surface area contributed by atoms with Gasteiger partial charge in [0.25, 0.3) is 5.91 Å². The highest BCUT2D eigenvalue weighted by atomic mass is 16.6. The maximum absolute atomic E-state index is 12.3. The summed E-state index contributed by atoms with van der Waals surface area (Å²) in [5.74, 6) is 0.769. The Kier molecular flexibility index (Phi) is 5.88. The summed E-state index contributed by atoms with van der Waals surface area (Å²) in [6.45, 7) is 4.40. The second-order valence-corrected chi connectivity index (χ2v) is 6.42. The van der Waals surface area contributed by atoms with Crippen molar-refractivity contribution in [2.24, 2.45) is 0 Å². The number of Topliss-reactive ketones (excluding diaryl/α,β-unsaturated/α-hetero) is 1. The van der Waals surface area contributed by atoms with Gasteiger partial charge in [-0.05, 0) is 50.2 Å². The average Bonchev–Trinajstić information content (AvgIpc) is 3.36. The zero-order chi connectivity index (χ0) is 19.2. The number of amides is 1. The summed E-state index contributed by atoms with van der Waals surface area (Å²) >= 11 is 0. The predicted octanol–water partition coefficient (Wildman–Crippen LogP) is 3.79. The van der Waals surface area contributed by atoms with Gasteiger partial charge in [0, 0.05) is 16.6 Å². The number of nitrogens with one attached hydrogen (secondary N) is 2. The van der Waals surface area contributed by atoms with Crippen LogP contribution in [0.2, 0.25) is 0 Å². The van der Waals surface area contributed by atoms with Crippen molar-refractivity contribution in [3.8, 4) is 5.75 Å². The Hall–Kier alpha value is -3.12. The average molecular weight is 366 g/mol. The molecule has 2 aromatic carbocycles. The zero-order valence-electron chi connectivity index (χ0n) is 15.3. The molecule has 27 heavy (non-hydrogen) atoms. The van der Waals surface area contributed by atoms with Crippen molar-refractivity contribution in [1.82, 2.24) is 4.98 Å². The molecule has 1 fully saturated rings. The number of ether oxygens (including phenoxy) is 2. The van der Waals surface area contributed by atoms with Crippen LogP contribution in [0.5, 0.6) is 5.75 Å². The number of ketones is 1. The number of aromatic nitrogens is 1. The van der Waals surface area contributed by atoms with Gasteiger partial charge in [-0.25, -0.2) is 0 Å². The van der Waals surface area contributed by atoms with Gasteiger partial charge in [-0.3, -0.25) is 4.79 Å². The van der Waals surface area contributed by atoms with E-state index >= 15 is 0 Å². The molecule has 0 spiro atoms. The first kappa shape index (κ1) is 18.7. The molecule has 6 nitrogen and oxygen atoms in total. The summed E-state index contributed by atoms with van der Waals surface area (Å²) in [7, 11) is 0. The Morgan fingerprint density at radius 2 is 1.81 bits per heavy atom. The Labute approximate surface area is 157 Å². The molecule has 0 saturated carbocycles. The Morgan fingerprint density at radius 3 is 2.44 bits per heavy atom. The molecule has 140 valence electrons. The fourth-order valence-corrected chi connectivity index (χ4v) is 2.38.